The Kier molecular flexibility index (Phi) is 7.02. The Morgan fingerprint density at radius 1 is 1.29 bits per heavy atom. The highest BCUT2D eigenvalue weighted by Crippen LogP contribution is 2.23. The number of benzene rings is 1. The van der Waals surface area contributed by atoms with Crippen molar-refractivity contribution in [3.63, 3.8) is 0 Å². The first-order valence-corrected chi connectivity index (χ1v) is 7.14. The Balaban J connectivity index is 2.74. The number of carboxylic acid groups (broad SMARTS) is 1. The van der Waals surface area contributed by atoms with Gasteiger partial charge in [0.25, 0.3) is 0 Å². The number of carbonyl (C=O) groups is 2. The van der Waals surface area contributed by atoms with Gasteiger partial charge in [0.2, 0.25) is 5.91 Å². The number of carbonyl (C=O) groups excluding carboxylic acids is 1. The first-order chi connectivity index (χ1) is 11.1. The minimum Gasteiger partial charge on any atom is -0.480 e. The van der Waals surface area contributed by atoms with Gasteiger partial charge in [-0.1, -0.05) is 12.1 Å². The van der Waals surface area contributed by atoms with E-state index in [0.717, 1.165) is 0 Å². The molecular formula is C15H19F3N2O4. The number of aliphatic carboxylic acids is 1. The Bertz CT molecular complexity index is 561. The SMILES string of the molecule is CC(=O)NCCN(Cc1ccc(OC(F)(F)F)cc1)C(C)C(=O)O. The van der Waals surface area contributed by atoms with Crippen molar-refractivity contribution in [2.45, 2.75) is 32.8 Å². The fraction of sp³-hybridized carbons (Fsp3) is 0.467. The van der Waals surface area contributed by atoms with Gasteiger partial charge in [-0.05, 0) is 24.6 Å². The van der Waals surface area contributed by atoms with E-state index in [-0.39, 0.29) is 31.3 Å². The van der Waals surface area contributed by atoms with Crippen LogP contribution in [0.1, 0.15) is 19.4 Å². The molecule has 0 aliphatic rings. The zero-order chi connectivity index (χ0) is 18.3. The third kappa shape index (κ3) is 7.32. The number of hydrogen-bond acceptors (Lipinski definition) is 4. The molecule has 0 bridgehead atoms. The normalized spacial score (nSPS) is 12.8. The van der Waals surface area contributed by atoms with Crippen LogP contribution in [0.4, 0.5) is 13.2 Å². The first-order valence-electron chi connectivity index (χ1n) is 7.14. The molecule has 134 valence electrons. The van der Waals surface area contributed by atoms with Crippen LogP contribution in [0.5, 0.6) is 5.75 Å². The molecule has 0 fully saturated rings. The van der Waals surface area contributed by atoms with Gasteiger partial charge in [0, 0.05) is 26.6 Å². The smallest absolute Gasteiger partial charge is 0.480 e. The summed E-state index contributed by atoms with van der Waals surface area (Å²) in [5, 5.41) is 11.7. The lowest BCUT2D eigenvalue weighted by atomic mass is 10.1. The fourth-order valence-electron chi connectivity index (χ4n) is 1.97. The molecule has 0 radical (unpaired) electrons. The first kappa shape index (κ1) is 19.8. The molecule has 6 nitrogen and oxygen atoms in total. The van der Waals surface area contributed by atoms with Gasteiger partial charge in [-0.2, -0.15) is 0 Å². The fourth-order valence-corrected chi connectivity index (χ4v) is 1.97. The summed E-state index contributed by atoms with van der Waals surface area (Å²) >= 11 is 0. The van der Waals surface area contributed by atoms with Crippen LogP contribution in [0, 0.1) is 0 Å². The largest absolute Gasteiger partial charge is 0.573 e. The van der Waals surface area contributed by atoms with Gasteiger partial charge in [-0.25, -0.2) is 0 Å². The molecule has 24 heavy (non-hydrogen) atoms. The van der Waals surface area contributed by atoms with Crippen molar-refractivity contribution in [3.05, 3.63) is 29.8 Å². The van der Waals surface area contributed by atoms with E-state index >= 15 is 0 Å². The lowest BCUT2D eigenvalue weighted by Gasteiger charge is -2.26. The molecule has 0 saturated carbocycles. The van der Waals surface area contributed by atoms with Crippen LogP contribution < -0.4 is 10.1 Å². The molecule has 0 aliphatic carbocycles. The van der Waals surface area contributed by atoms with Crippen LogP contribution in [0.3, 0.4) is 0 Å². The van der Waals surface area contributed by atoms with Crippen LogP contribution in [0.15, 0.2) is 24.3 Å². The maximum atomic E-state index is 12.1. The number of halogens is 3. The number of rotatable bonds is 8. The van der Waals surface area contributed by atoms with Gasteiger partial charge in [0.15, 0.2) is 0 Å². The van der Waals surface area contributed by atoms with Gasteiger partial charge in [-0.3, -0.25) is 14.5 Å². The molecule has 0 saturated heterocycles. The van der Waals surface area contributed by atoms with Crippen LogP contribution >= 0.6 is 0 Å². The number of nitrogens with zero attached hydrogens (tertiary/aromatic N) is 1. The Labute approximate surface area is 137 Å². The molecule has 1 aromatic carbocycles. The maximum Gasteiger partial charge on any atom is 0.573 e. The zero-order valence-electron chi connectivity index (χ0n) is 13.3. The number of hydrogen-bond donors (Lipinski definition) is 2. The van der Waals surface area contributed by atoms with Crippen LogP contribution in [0.2, 0.25) is 0 Å². The zero-order valence-corrected chi connectivity index (χ0v) is 13.3. The van der Waals surface area contributed by atoms with Crippen LogP contribution in [-0.4, -0.2) is 47.4 Å². The van der Waals surface area contributed by atoms with Gasteiger partial charge in [0.05, 0.1) is 0 Å². The molecule has 0 aliphatic heterocycles. The standard InChI is InChI=1S/C15H19F3N2O4/c1-10(14(22)23)20(8-7-19-11(2)21)9-12-3-5-13(6-4-12)24-15(16,17)18/h3-6,10H,7-9H2,1-2H3,(H,19,21)(H,22,23). The Morgan fingerprint density at radius 3 is 2.33 bits per heavy atom. The lowest BCUT2D eigenvalue weighted by Crippen LogP contribution is -2.42. The van der Waals surface area contributed by atoms with Crippen molar-refractivity contribution in [1.82, 2.24) is 10.2 Å². The molecule has 1 amide bonds. The van der Waals surface area contributed by atoms with E-state index in [1.165, 1.54) is 38.1 Å². The highest BCUT2D eigenvalue weighted by atomic mass is 19.4. The molecule has 0 aromatic heterocycles. The van der Waals surface area contributed by atoms with E-state index in [9.17, 15) is 22.8 Å². The Hall–Kier alpha value is -2.29. The topological polar surface area (TPSA) is 78.9 Å². The van der Waals surface area contributed by atoms with Crippen molar-refractivity contribution < 1.29 is 32.6 Å². The molecule has 0 spiro atoms. The van der Waals surface area contributed by atoms with E-state index in [1.54, 1.807) is 4.90 Å². The summed E-state index contributed by atoms with van der Waals surface area (Å²) in [6.07, 6.45) is -4.76. The van der Waals surface area contributed by atoms with Gasteiger partial charge in [-0.15, -0.1) is 13.2 Å². The summed E-state index contributed by atoms with van der Waals surface area (Å²) in [6, 6.07) is 4.38. The molecule has 0 heterocycles. The number of ether oxygens (including phenoxy) is 1. The van der Waals surface area contributed by atoms with Gasteiger partial charge < -0.3 is 15.2 Å². The number of amides is 1. The van der Waals surface area contributed by atoms with Crippen LogP contribution in [0.25, 0.3) is 0 Å². The van der Waals surface area contributed by atoms with E-state index in [4.69, 9.17) is 5.11 Å². The predicted molar refractivity (Wildman–Crippen MR) is 79.3 cm³/mol. The summed E-state index contributed by atoms with van der Waals surface area (Å²) in [6.45, 7) is 3.61. The monoisotopic (exact) mass is 348 g/mol. The second-order valence-corrected chi connectivity index (χ2v) is 5.16. The molecule has 1 aromatic rings. The number of nitrogens with one attached hydrogen (secondary N) is 1. The molecule has 9 heteroatoms. The van der Waals surface area contributed by atoms with Crippen LogP contribution in [-0.2, 0) is 16.1 Å². The van der Waals surface area contributed by atoms with E-state index in [1.807, 2.05) is 0 Å². The molecule has 1 rings (SSSR count). The number of carboxylic acids is 1. The second kappa shape index (κ2) is 8.53. The molecule has 2 N–H and O–H groups in total. The minimum absolute atomic E-state index is 0.208. The quantitative estimate of drug-likeness (QED) is 0.751. The van der Waals surface area contributed by atoms with Gasteiger partial charge >= 0.3 is 12.3 Å². The summed E-state index contributed by atoms with van der Waals surface area (Å²) < 4.78 is 40.1. The minimum atomic E-state index is -4.76. The molecule has 1 unspecified atom stereocenters. The van der Waals surface area contributed by atoms with Gasteiger partial charge in [0.1, 0.15) is 11.8 Å². The van der Waals surface area contributed by atoms with Crippen molar-refractivity contribution in [1.29, 1.82) is 0 Å². The van der Waals surface area contributed by atoms with E-state index in [0.29, 0.717) is 5.56 Å². The third-order valence-corrected chi connectivity index (χ3v) is 3.22. The average Bonchev–Trinajstić information content (AvgIpc) is 2.45. The van der Waals surface area contributed by atoms with Crippen molar-refractivity contribution >= 4 is 11.9 Å². The second-order valence-electron chi connectivity index (χ2n) is 5.16. The highest BCUT2D eigenvalue weighted by molar-refractivity contribution is 5.73. The highest BCUT2D eigenvalue weighted by Gasteiger charge is 2.31. The Morgan fingerprint density at radius 2 is 1.88 bits per heavy atom. The summed E-state index contributed by atoms with van der Waals surface area (Å²) in [7, 11) is 0. The summed E-state index contributed by atoms with van der Waals surface area (Å²) in [5.41, 5.74) is 0.625. The van der Waals surface area contributed by atoms with Crippen molar-refractivity contribution in [2.24, 2.45) is 0 Å². The number of alkyl halides is 3. The van der Waals surface area contributed by atoms with Crippen molar-refractivity contribution in [2.75, 3.05) is 13.1 Å². The van der Waals surface area contributed by atoms with E-state index in [2.05, 4.69) is 10.1 Å². The molecular weight excluding hydrogens is 329 g/mol. The average molecular weight is 348 g/mol. The third-order valence-electron chi connectivity index (χ3n) is 3.22. The predicted octanol–water partition coefficient (Wildman–Crippen LogP) is 2.00. The lowest BCUT2D eigenvalue weighted by molar-refractivity contribution is -0.274. The maximum absolute atomic E-state index is 12.1. The summed E-state index contributed by atoms with van der Waals surface area (Å²) in [4.78, 5) is 23.6. The van der Waals surface area contributed by atoms with E-state index < -0.39 is 18.4 Å². The van der Waals surface area contributed by atoms with Crippen molar-refractivity contribution in [3.8, 4) is 5.75 Å². The summed E-state index contributed by atoms with van der Waals surface area (Å²) in [5.74, 6) is -1.61. The molecule has 1 atom stereocenters.